The molecule has 0 saturated heterocycles. The number of hydrogen-bond acceptors (Lipinski definition) is 1. The van der Waals surface area contributed by atoms with Crippen LogP contribution in [0.4, 0.5) is 5.69 Å². The molecular formula is C15H13BrClNO. The summed E-state index contributed by atoms with van der Waals surface area (Å²) in [5.74, 6) is -0.0726. The van der Waals surface area contributed by atoms with E-state index in [-0.39, 0.29) is 11.2 Å². The zero-order chi connectivity index (χ0) is 13.7. The molecule has 4 heteroatoms. The van der Waals surface area contributed by atoms with Gasteiger partial charge in [0.05, 0.1) is 5.33 Å². The van der Waals surface area contributed by atoms with Crippen molar-refractivity contribution in [1.29, 1.82) is 0 Å². The molecule has 0 saturated carbocycles. The Kier molecular flexibility index (Phi) is 5.00. The van der Waals surface area contributed by atoms with Gasteiger partial charge in [-0.05, 0) is 35.7 Å². The van der Waals surface area contributed by atoms with Gasteiger partial charge in [-0.3, -0.25) is 4.79 Å². The maximum absolute atomic E-state index is 11.5. The Morgan fingerprint density at radius 1 is 1.16 bits per heavy atom. The van der Waals surface area contributed by atoms with Crippen molar-refractivity contribution < 1.29 is 4.79 Å². The SMILES string of the molecule is O=C(CBr)Nc1ccc(Cl)cc1Cc1ccccc1. The molecule has 1 amide bonds. The zero-order valence-corrected chi connectivity index (χ0v) is 12.5. The van der Waals surface area contributed by atoms with Crippen molar-refractivity contribution in [2.75, 3.05) is 10.6 Å². The van der Waals surface area contributed by atoms with Crippen LogP contribution in [-0.2, 0) is 11.2 Å². The van der Waals surface area contributed by atoms with Gasteiger partial charge in [0.1, 0.15) is 0 Å². The quantitative estimate of drug-likeness (QED) is 0.829. The first-order valence-electron chi connectivity index (χ1n) is 5.87. The lowest BCUT2D eigenvalue weighted by Gasteiger charge is -2.11. The number of amides is 1. The Balaban J connectivity index is 2.27. The van der Waals surface area contributed by atoms with E-state index in [1.807, 2.05) is 30.3 Å². The first-order chi connectivity index (χ1) is 9.19. The van der Waals surface area contributed by atoms with Gasteiger partial charge in [0.25, 0.3) is 0 Å². The van der Waals surface area contributed by atoms with Crippen LogP contribution >= 0.6 is 27.5 Å². The van der Waals surface area contributed by atoms with E-state index in [9.17, 15) is 4.79 Å². The molecule has 19 heavy (non-hydrogen) atoms. The Labute approximate surface area is 125 Å². The molecule has 0 unspecified atom stereocenters. The largest absolute Gasteiger partial charge is 0.325 e. The van der Waals surface area contributed by atoms with E-state index in [1.165, 1.54) is 5.56 Å². The molecule has 98 valence electrons. The van der Waals surface area contributed by atoms with Crippen LogP contribution in [0.25, 0.3) is 0 Å². The van der Waals surface area contributed by atoms with Crippen molar-refractivity contribution in [2.24, 2.45) is 0 Å². The van der Waals surface area contributed by atoms with Crippen molar-refractivity contribution in [1.82, 2.24) is 0 Å². The summed E-state index contributed by atoms with van der Waals surface area (Å²) in [7, 11) is 0. The summed E-state index contributed by atoms with van der Waals surface area (Å²) < 4.78 is 0. The fraction of sp³-hybridized carbons (Fsp3) is 0.133. The molecule has 2 aromatic rings. The number of hydrogen-bond donors (Lipinski definition) is 1. The summed E-state index contributed by atoms with van der Waals surface area (Å²) in [6.45, 7) is 0. The minimum absolute atomic E-state index is 0.0726. The van der Waals surface area contributed by atoms with Crippen LogP contribution in [0.3, 0.4) is 0 Å². The molecule has 0 heterocycles. The second-order valence-corrected chi connectivity index (χ2v) is 5.14. The molecule has 2 nitrogen and oxygen atoms in total. The molecule has 0 radical (unpaired) electrons. The lowest BCUT2D eigenvalue weighted by molar-refractivity contribution is -0.113. The fourth-order valence-electron chi connectivity index (χ4n) is 1.83. The van der Waals surface area contributed by atoms with E-state index >= 15 is 0 Å². The highest BCUT2D eigenvalue weighted by Crippen LogP contribution is 2.23. The van der Waals surface area contributed by atoms with Crippen LogP contribution in [0.2, 0.25) is 5.02 Å². The Morgan fingerprint density at radius 2 is 1.89 bits per heavy atom. The summed E-state index contributed by atoms with van der Waals surface area (Å²) in [6, 6.07) is 15.6. The minimum atomic E-state index is -0.0726. The van der Waals surface area contributed by atoms with E-state index in [0.29, 0.717) is 5.02 Å². The number of nitrogens with one attached hydrogen (secondary N) is 1. The van der Waals surface area contributed by atoms with Gasteiger partial charge in [-0.2, -0.15) is 0 Å². The number of benzene rings is 2. The van der Waals surface area contributed by atoms with Crippen LogP contribution in [0.5, 0.6) is 0 Å². The second kappa shape index (κ2) is 6.73. The lowest BCUT2D eigenvalue weighted by Crippen LogP contribution is -2.13. The van der Waals surface area contributed by atoms with Gasteiger partial charge < -0.3 is 5.32 Å². The van der Waals surface area contributed by atoms with Crippen LogP contribution in [-0.4, -0.2) is 11.2 Å². The predicted molar refractivity (Wildman–Crippen MR) is 83.1 cm³/mol. The molecule has 0 aliphatic rings. The van der Waals surface area contributed by atoms with Crippen LogP contribution in [0, 0.1) is 0 Å². The first kappa shape index (κ1) is 14.1. The van der Waals surface area contributed by atoms with Gasteiger partial charge in [-0.25, -0.2) is 0 Å². The van der Waals surface area contributed by atoms with Gasteiger partial charge >= 0.3 is 0 Å². The molecule has 0 aliphatic heterocycles. The summed E-state index contributed by atoms with van der Waals surface area (Å²) in [4.78, 5) is 11.5. The Morgan fingerprint density at radius 3 is 2.58 bits per heavy atom. The predicted octanol–water partition coefficient (Wildman–Crippen LogP) is 4.26. The number of carbonyl (C=O) groups excluding carboxylic acids is 1. The van der Waals surface area contributed by atoms with Crippen molar-refractivity contribution in [2.45, 2.75) is 6.42 Å². The van der Waals surface area contributed by atoms with E-state index in [1.54, 1.807) is 6.07 Å². The first-order valence-corrected chi connectivity index (χ1v) is 7.37. The summed E-state index contributed by atoms with van der Waals surface area (Å²) in [5.41, 5.74) is 2.99. The molecule has 1 N–H and O–H groups in total. The van der Waals surface area contributed by atoms with Gasteiger partial charge in [0, 0.05) is 10.7 Å². The summed E-state index contributed by atoms with van der Waals surface area (Å²) in [5, 5.41) is 3.81. The molecule has 0 aromatic heterocycles. The van der Waals surface area contributed by atoms with Gasteiger partial charge in [0.2, 0.25) is 5.91 Å². The average Bonchev–Trinajstić information content (AvgIpc) is 2.43. The van der Waals surface area contributed by atoms with E-state index in [4.69, 9.17) is 11.6 Å². The minimum Gasteiger partial charge on any atom is -0.325 e. The second-order valence-electron chi connectivity index (χ2n) is 4.15. The molecule has 0 fully saturated rings. The van der Waals surface area contributed by atoms with Gasteiger partial charge in [-0.15, -0.1) is 0 Å². The zero-order valence-electron chi connectivity index (χ0n) is 10.2. The molecule has 0 bridgehead atoms. The third-order valence-corrected chi connectivity index (χ3v) is 3.44. The topological polar surface area (TPSA) is 29.1 Å². The van der Waals surface area contributed by atoms with Gasteiger partial charge in [-0.1, -0.05) is 57.9 Å². The van der Waals surface area contributed by atoms with Crippen LogP contribution < -0.4 is 5.32 Å². The highest BCUT2D eigenvalue weighted by atomic mass is 79.9. The number of rotatable bonds is 4. The standard InChI is InChI=1S/C15H13BrClNO/c16-10-15(19)18-14-7-6-13(17)9-12(14)8-11-4-2-1-3-5-11/h1-7,9H,8,10H2,(H,18,19). The Hall–Kier alpha value is -1.32. The maximum atomic E-state index is 11.5. The molecule has 2 rings (SSSR count). The molecule has 0 aliphatic carbocycles. The number of anilines is 1. The fourth-order valence-corrected chi connectivity index (χ4v) is 2.16. The molecule has 2 aromatic carbocycles. The van der Waals surface area contributed by atoms with Crippen LogP contribution in [0.1, 0.15) is 11.1 Å². The normalized spacial score (nSPS) is 10.2. The van der Waals surface area contributed by atoms with Crippen molar-refractivity contribution in [3.63, 3.8) is 0 Å². The van der Waals surface area contributed by atoms with Crippen molar-refractivity contribution in [3.05, 3.63) is 64.7 Å². The van der Waals surface area contributed by atoms with E-state index < -0.39 is 0 Å². The summed E-state index contributed by atoms with van der Waals surface area (Å²) in [6.07, 6.45) is 0.735. The number of alkyl halides is 1. The smallest absolute Gasteiger partial charge is 0.235 e. The third kappa shape index (κ3) is 4.08. The summed E-state index contributed by atoms with van der Waals surface area (Å²) >= 11 is 9.17. The number of carbonyl (C=O) groups is 1. The van der Waals surface area contributed by atoms with E-state index in [0.717, 1.165) is 17.7 Å². The van der Waals surface area contributed by atoms with Crippen LogP contribution in [0.15, 0.2) is 48.5 Å². The van der Waals surface area contributed by atoms with Crippen molar-refractivity contribution >= 4 is 39.1 Å². The molecular weight excluding hydrogens is 326 g/mol. The Bertz CT molecular complexity index is 572. The average molecular weight is 339 g/mol. The van der Waals surface area contributed by atoms with Gasteiger partial charge in [0.15, 0.2) is 0 Å². The lowest BCUT2D eigenvalue weighted by atomic mass is 10.0. The maximum Gasteiger partial charge on any atom is 0.235 e. The monoisotopic (exact) mass is 337 g/mol. The highest BCUT2D eigenvalue weighted by molar-refractivity contribution is 9.09. The van der Waals surface area contributed by atoms with E-state index in [2.05, 4.69) is 33.4 Å². The molecule has 0 spiro atoms. The third-order valence-electron chi connectivity index (χ3n) is 2.70. The van der Waals surface area contributed by atoms with Crippen molar-refractivity contribution in [3.8, 4) is 0 Å². The molecule has 0 atom stereocenters. The highest BCUT2D eigenvalue weighted by Gasteiger charge is 2.07. The number of halogens is 2.